The van der Waals surface area contributed by atoms with Gasteiger partial charge >= 0.3 is 11.2 Å². The van der Waals surface area contributed by atoms with Crippen LogP contribution in [-0.4, -0.2) is 27.4 Å². The van der Waals surface area contributed by atoms with Gasteiger partial charge in [-0.3, -0.25) is 14.6 Å². The molecule has 0 aliphatic carbocycles. The Morgan fingerprint density at radius 1 is 1.29 bits per heavy atom. The van der Waals surface area contributed by atoms with Crippen LogP contribution in [0.5, 0.6) is 0 Å². The average molecular weight is 290 g/mol. The number of hydrogen-bond acceptors (Lipinski definition) is 5. The molecule has 1 amide bonds. The van der Waals surface area contributed by atoms with Crippen LogP contribution in [0.1, 0.15) is 17.3 Å². The van der Waals surface area contributed by atoms with E-state index in [2.05, 4.69) is 15.6 Å². The number of rotatable bonds is 4. The van der Waals surface area contributed by atoms with E-state index in [0.717, 1.165) is 0 Å². The highest BCUT2D eigenvalue weighted by Gasteiger charge is 2.20. The first-order valence-electron chi connectivity index (χ1n) is 6.23. The van der Waals surface area contributed by atoms with Crippen LogP contribution >= 0.6 is 0 Å². The van der Waals surface area contributed by atoms with Crippen molar-refractivity contribution in [3.05, 3.63) is 56.7 Å². The number of anilines is 2. The fourth-order valence-electron chi connectivity index (χ4n) is 1.76. The normalized spacial score (nSPS) is 10.1. The standard InChI is InChI=1S/C13H14N4O4/c1-2-14-10-9(12(19)17(21)13(20)16-10)11(18)15-8-6-4-3-5-7-8/h3-7,14,21H,2H2,1H3,(H,15,18)(H,16,20). The summed E-state index contributed by atoms with van der Waals surface area (Å²) in [6.45, 7) is 2.12. The van der Waals surface area contributed by atoms with Crippen LogP contribution < -0.4 is 21.9 Å². The molecule has 2 rings (SSSR count). The number of carbonyl (C=O) groups is 1. The van der Waals surface area contributed by atoms with Crippen LogP contribution in [0, 0.1) is 0 Å². The Hall–Kier alpha value is -3.03. The van der Waals surface area contributed by atoms with Crippen LogP contribution in [0.4, 0.5) is 11.5 Å². The quantitative estimate of drug-likeness (QED) is 0.610. The highest BCUT2D eigenvalue weighted by atomic mass is 16.5. The Kier molecular flexibility index (Phi) is 4.07. The summed E-state index contributed by atoms with van der Waals surface area (Å²) in [7, 11) is 0. The Bertz CT molecular complexity index is 764. The second-order valence-corrected chi connectivity index (χ2v) is 4.15. The molecule has 1 heterocycles. The molecule has 8 heteroatoms. The fourth-order valence-corrected chi connectivity index (χ4v) is 1.76. The van der Waals surface area contributed by atoms with Crippen LogP contribution in [0.2, 0.25) is 0 Å². The molecule has 0 spiro atoms. The molecule has 4 N–H and O–H groups in total. The topological polar surface area (TPSA) is 116 Å². The molecule has 0 saturated carbocycles. The fraction of sp³-hybridized carbons (Fsp3) is 0.154. The molecule has 0 atom stereocenters. The minimum Gasteiger partial charge on any atom is -0.421 e. The molecular weight excluding hydrogens is 276 g/mol. The van der Waals surface area contributed by atoms with Gasteiger partial charge in [0.15, 0.2) is 0 Å². The Balaban J connectivity index is 2.47. The van der Waals surface area contributed by atoms with Crippen molar-refractivity contribution in [2.24, 2.45) is 0 Å². The zero-order chi connectivity index (χ0) is 15.4. The summed E-state index contributed by atoms with van der Waals surface area (Å²) in [6.07, 6.45) is 0. The summed E-state index contributed by atoms with van der Waals surface area (Å²) in [6, 6.07) is 8.51. The van der Waals surface area contributed by atoms with Gasteiger partial charge in [-0.25, -0.2) is 4.79 Å². The van der Waals surface area contributed by atoms with E-state index in [1.54, 1.807) is 37.3 Å². The molecule has 0 aliphatic rings. The van der Waals surface area contributed by atoms with Crippen LogP contribution in [0.15, 0.2) is 39.9 Å². The molecule has 0 aliphatic heterocycles. The smallest absolute Gasteiger partial charge is 0.363 e. The molecule has 1 aromatic heterocycles. The molecule has 21 heavy (non-hydrogen) atoms. The Morgan fingerprint density at radius 2 is 1.95 bits per heavy atom. The zero-order valence-electron chi connectivity index (χ0n) is 11.2. The molecular formula is C13H14N4O4. The largest absolute Gasteiger partial charge is 0.421 e. The molecule has 8 nitrogen and oxygen atoms in total. The zero-order valence-corrected chi connectivity index (χ0v) is 11.2. The minimum absolute atomic E-state index is 0.0359. The van der Waals surface area contributed by atoms with Crippen molar-refractivity contribution in [1.82, 2.24) is 9.71 Å². The van der Waals surface area contributed by atoms with Gasteiger partial charge in [0.25, 0.3) is 5.91 Å². The lowest BCUT2D eigenvalue weighted by Gasteiger charge is -2.10. The van der Waals surface area contributed by atoms with E-state index < -0.39 is 17.2 Å². The van der Waals surface area contributed by atoms with Crippen LogP contribution in [0.25, 0.3) is 0 Å². The molecule has 0 fully saturated rings. The maximum absolute atomic E-state index is 12.2. The first-order valence-corrected chi connectivity index (χ1v) is 6.23. The molecule has 0 unspecified atom stereocenters. The third-order valence-corrected chi connectivity index (χ3v) is 2.69. The number of aromatic nitrogens is 2. The van der Waals surface area contributed by atoms with Crippen molar-refractivity contribution in [3.8, 4) is 0 Å². The third-order valence-electron chi connectivity index (χ3n) is 2.69. The van der Waals surface area contributed by atoms with Crippen molar-refractivity contribution >= 4 is 17.4 Å². The number of aromatic amines is 1. The number of para-hydroxylation sites is 1. The average Bonchev–Trinajstić information content (AvgIpc) is 2.46. The van der Waals surface area contributed by atoms with Crippen molar-refractivity contribution < 1.29 is 10.0 Å². The molecule has 110 valence electrons. The van der Waals surface area contributed by atoms with E-state index in [4.69, 9.17) is 0 Å². The molecule has 0 radical (unpaired) electrons. The van der Waals surface area contributed by atoms with Crippen LogP contribution in [-0.2, 0) is 0 Å². The van der Waals surface area contributed by atoms with Gasteiger partial charge in [0.05, 0.1) is 0 Å². The molecule has 0 bridgehead atoms. The van der Waals surface area contributed by atoms with E-state index in [0.29, 0.717) is 12.2 Å². The number of hydrogen-bond donors (Lipinski definition) is 4. The third kappa shape index (κ3) is 2.94. The summed E-state index contributed by atoms with van der Waals surface area (Å²) in [5.74, 6) is -0.771. The molecule has 2 aromatic rings. The molecule has 0 saturated heterocycles. The van der Waals surface area contributed by atoms with E-state index in [1.165, 1.54) is 0 Å². The van der Waals surface area contributed by atoms with Gasteiger partial charge in [-0.1, -0.05) is 22.9 Å². The summed E-state index contributed by atoms with van der Waals surface area (Å²) in [5, 5.41) is 14.6. The van der Waals surface area contributed by atoms with Gasteiger partial charge in [0, 0.05) is 12.2 Å². The maximum Gasteiger partial charge on any atom is 0.363 e. The second kappa shape index (κ2) is 5.95. The lowest BCUT2D eigenvalue weighted by molar-refractivity contribution is 0.101. The number of nitrogens with one attached hydrogen (secondary N) is 3. The second-order valence-electron chi connectivity index (χ2n) is 4.15. The van der Waals surface area contributed by atoms with Gasteiger partial charge in [-0.2, -0.15) is 0 Å². The predicted octanol–water partition coefficient (Wildman–Crippen LogP) is 0.458. The van der Waals surface area contributed by atoms with Crippen LogP contribution in [0.3, 0.4) is 0 Å². The lowest BCUT2D eigenvalue weighted by atomic mass is 10.2. The number of amides is 1. The van der Waals surface area contributed by atoms with Crippen molar-refractivity contribution in [2.75, 3.05) is 17.2 Å². The Labute approximate surface area is 119 Å². The first-order chi connectivity index (χ1) is 10.0. The maximum atomic E-state index is 12.2. The summed E-state index contributed by atoms with van der Waals surface area (Å²) in [4.78, 5) is 37.7. The predicted molar refractivity (Wildman–Crippen MR) is 77.1 cm³/mol. The van der Waals surface area contributed by atoms with Crippen molar-refractivity contribution in [3.63, 3.8) is 0 Å². The van der Waals surface area contributed by atoms with Gasteiger partial charge in [0.2, 0.25) is 0 Å². The van der Waals surface area contributed by atoms with E-state index in [9.17, 15) is 19.6 Å². The minimum atomic E-state index is -1.09. The SMILES string of the molecule is CCNc1[nH]c(=O)n(O)c(=O)c1C(=O)Nc1ccccc1. The Morgan fingerprint density at radius 3 is 2.57 bits per heavy atom. The van der Waals surface area contributed by atoms with E-state index in [-0.39, 0.29) is 16.1 Å². The summed E-state index contributed by atoms with van der Waals surface area (Å²) in [5.41, 5.74) is -2.00. The highest BCUT2D eigenvalue weighted by Crippen LogP contribution is 2.10. The van der Waals surface area contributed by atoms with Crippen molar-refractivity contribution in [2.45, 2.75) is 6.92 Å². The highest BCUT2D eigenvalue weighted by molar-refractivity contribution is 6.07. The van der Waals surface area contributed by atoms with Gasteiger partial charge in [0.1, 0.15) is 11.4 Å². The van der Waals surface area contributed by atoms with E-state index >= 15 is 0 Å². The lowest BCUT2D eigenvalue weighted by Crippen LogP contribution is -2.39. The van der Waals surface area contributed by atoms with Gasteiger partial charge in [-0.15, -0.1) is 0 Å². The van der Waals surface area contributed by atoms with Crippen molar-refractivity contribution in [1.29, 1.82) is 0 Å². The molecule has 1 aromatic carbocycles. The number of nitrogens with zero attached hydrogens (tertiary/aromatic N) is 1. The first kappa shape index (κ1) is 14.4. The summed E-state index contributed by atoms with van der Waals surface area (Å²) < 4.78 is -0.138. The monoisotopic (exact) mass is 290 g/mol. The number of H-pyrrole nitrogens is 1. The number of carbonyl (C=O) groups excluding carboxylic acids is 1. The van der Waals surface area contributed by atoms with Gasteiger partial charge < -0.3 is 15.8 Å². The number of benzene rings is 1. The summed E-state index contributed by atoms with van der Waals surface area (Å²) >= 11 is 0. The van der Waals surface area contributed by atoms with Gasteiger partial charge in [-0.05, 0) is 19.1 Å². The van der Waals surface area contributed by atoms with E-state index in [1.807, 2.05) is 0 Å².